The number of imidazole rings is 1. The number of rotatable bonds is 1. The SMILES string of the molecule is Nc1cc(Br)cc(-c2nnc3c4[nH]cnc4ncn23)c1. The van der Waals surface area contributed by atoms with E-state index in [0.29, 0.717) is 22.8 Å². The van der Waals surface area contributed by atoms with Crippen LogP contribution in [0.3, 0.4) is 0 Å². The summed E-state index contributed by atoms with van der Waals surface area (Å²) in [6, 6.07) is 5.61. The molecule has 0 saturated carbocycles. The van der Waals surface area contributed by atoms with Gasteiger partial charge < -0.3 is 10.7 Å². The van der Waals surface area contributed by atoms with Crippen LogP contribution in [-0.2, 0) is 0 Å². The number of halogens is 1. The van der Waals surface area contributed by atoms with Crippen molar-refractivity contribution < 1.29 is 0 Å². The van der Waals surface area contributed by atoms with Gasteiger partial charge in [-0.1, -0.05) is 15.9 Å². The third kappa shape index (κ3) is 1.58. The molecule has 0 unspecified atom stereocenters. The number of hydrogen-bond donors (Lipinski definition) is 2. The van der Waals surface area contributed by atoms with E-state index in [1.165, 1.54) is 0 Å². The zero-order valence-corrected chi connectivity index (χ0v) is 11.7. The first-order valence-electron chi connectivity index (χ1n) is 5.81. The summed E-state index contributed by atoms with van der Waals surface area (Å²) in [6.45, 7) is 0. The van der Waals surface area contributed by atoms with Gasteiger partial charge in [0.05, 0.1) is 6.33 Å². The Morgan fingerprint density at radius 3 is 2.90 bits per heavy atom. The van der Waals surface area contributed by atoms with Crippen molar-refractivity contribution in [1.82, 2.24) is 29.5 Å². The van der Waals surface area contributed by atoms with Crippen LogP contribution in [0.15, 0.2) is 35.3 Å². The molecule has 1 aromatic carbocycles. The average molecular weight is 330 g/mol. The van der Waals surface area contributed by atoms with Gasteiger partial charge in [0.15, 0.2) is 17.1 Å². The van der Waals surface area contributed by atoms with E-state index in [4.69, 9.17) is 5.73 Å². The largest absolute Gasteiger partial charge is 0.399 e. The van der Waals surface area contributed by atoms with Crippen molar-refractivity contribution in [2.24, 2.45) is 0 Å². The Labute approximate surface area is 121 Å². The molecule has 0 aliphatic carbocycles. The first-order valence-corrected chi connectivity index (χ1v) is 6.61. The molecular weight excluding hydrogens is 322 g/mol. The predicted octanol–water partition coefficient (Wildman–Crippen LogP) is 2.01. The number of anilines is 1. The van der Waals surface area contributed by atoms with Gasteiger partial charge in [-0.2, -0.15) is 0 Å². The van der Waals surface area contributed by atoms with Crippen LogP contribution < -0.4 is 5.73 Å². The summed E-state index contributed by atoms with van der Waals surface area (Å²) in [6.07, 6.45) is 3.24. The highest BCUT2D eigenvalue weighted by Crippen LogP contribution is 2.26. The molecule has 3 N–H and O–H groups in total. The second kappa shape index (κ2) is 4.01. The summed E-state index contributed by atoms with van der Waals surface area (Å²) in [5.41, 5.74) is 9.44. The number of nitrogens with one attached hydrogen (secondary N) is 1. The van der Waals surface area contributed by atoms with Crippen LogP contribution in [0.2, 0.25) is 0 Å². The molecule has 7 nitrogen and oxygen atoms in total. The third-order valence-electron chi connectivity index (χ3n) is 3.01. The quantitative estimate of drug-likeness (QED) is 0.520. The number of nitrogens with zero attached hydrogens (tertiary/aromatic N) is 5. The number of aromatic amines is 1. The number of aromatic nitrogens is 6. The molecule has 3 aromatic heterocycles. The number of nitrogen functional groups attached to an aromatic ring is 1. The molecule has 0 atom stereocenters. The zero-order chi connectivity index (χ0) is 13.7. The lowest BCUT2D eigenvalue weighted by Crippen LogP contribution is -1.93. The highest BCUT2D eigenvalue weighted by atomic mass is 79.9. The molecule has 4 rings (SSSR count). The van der Waals surface area contributed by atoms with Crippen molar-refractivity contribution in [3.05, 3.63) is 35.3 Å². The van der Waals surface area contributed by atoms with Crippen LogP contribution >= 0.6 is 15.9 Å². The molecule has 0 amide bonds. The van der Waals surface area contributed by atoms with E-state index in [0.717, 1.165) is 15.6 Å². The van der Waals surface area contributed by atoms with E-state index in [2.05, 4.69) is 41.1 Å². The second-order valence-electron chi connectivity index (χ2n) is 4.34. The fourth-order valence-corrected chi connectivity index (χ4v) is 2.68. The molecule has 0 radical (unpaired) electrons. The number of benzene rings is 1. The van der Waals surface area contributed by atoms with Crippen LogP contribution in [-0.4, -0.2) is 29.5 Å². The Morgan fingerprint density at radius 2 is 2.05 bits per heavy atom. The van der Waals surface area contributed by atoms with Crippen molar-refractivity contribution in [3.8, 4) is 11.4 Å². The lowest BCUT2D eigenvalue weighted by molar-refractivity contribution is 1.09. The van der Waals surface area contributed by atoms with Gasteiger partial charge in [0.1, 0.15) is 11.8 Å². The fourth-order valence-electron chi connectivity index (χ4n) is 2.17. The lowest BCUT2D eigenvalue weighted by atomic mass is 10.2. The molecule has 0 fully saturated rings. The van der Waals surface area contributed by atoms with Gasteiger partial charge >= 0.3 is 0 Å². The maximum Gasteiger partial charge on any atom is 0.190 e. The van der Waals surface area contributed by atoms with Gasteiger partial charge in [-0.05, 0) is 18.2 Å². The van der Waals surface area contributed by atoms with Gasteiger partial charge in [-0.15, -0.1) is 10.2 Å². The standard InChI is InChI=1S/C12H8BrN7/c13-7-1-6(2-8(14)3-7)11-18-19-12-9-10(16-4-15-9)17-5-20(11)12/h1-5H,14H2,(H,15,16). The van der Waals surface area contributed by atoms with Crippen LogP contribution in [0.5, 0.6) is 0 Å². The van der Waals surface area contributed by atoms with Crippen LogP contribution in [0.25, 0.3) is 28.2 Å². The number of H-pyrrole nitrogens is 1. The van der Waals surface area contributed by atoms with Crippen molar-refractivity contribution in [2.75, 3.05) is 5.73 Å². The minimum atomic E-state index is 0.616. The van der Waals surface area contributed by atoms with E-state index < -0.39 is 0 Å². The normalized spacial score (nSPS) is 11.4. The number of fused-ring (bicyclic) bond motifs is 3. The topological polar surface area (TPSA) is 97.8 Å². The minimum absolute atomic E-state index is 0.616. The van der Waals surface area contributed by atoms with Crippen LogP contribution in [0, 0.1) is 0 Å². The summed E-state index contributed by atoms with van der Waals surface area (Å²) >= 11 is 3.43. The molecule has 8 heteroatoms. The van der Waals surface area contributed by atoms with E-state index in [1.807, 2.05) is 22.6 Å². The Morgan fingerprint density at radius 1 is 1.15 bits per heavy atom. The van der Waals surface area contributed by atoms with Crippen LogP contribution in [0.1, 0.15) is 0 Å². The maximum absolute atomic E-state index is 5.86. The van der Waals surface area contributed by atoms with Crippen molar-refractivity contribution in [1.29, 1.82) is 0 Å². The molecule has 4 aromatic rings. The Balaban J connectivity index is 2.04. The molecule has 0 bridgehead atoms. The molecule has 0 aliphatic heterocycles. The van der Waals surface area contributed by atoms with Crippen LogP contribution in [0.4, 0.5) is 5.69 Å². The van der Waals surface area contributed by atoms with Gasteiger partial charge in [0.2, 0.25) is 0 Å². The summed E-state index contributed by atoms with van der Waals surface area (Å²) in [5, 5.41) is 8.43. The smallest absolute Gasteiger partial charge is 0.190 e. The molecule has 98 valence electrons. The van der Waals surface area contributed by atoms with E-state index >= 15 is 0 Å². The Hall–Kier alpha value is -2.48. The van der Waals surface area contributed by atoms with Crippen molar-refractivity contribution in [2.45, 2.75) is 0 Å². The van der Waals surface area contributed by atoms with Gasteiger partial charge in [-0.3, -0.25) is 4.40 Å². The Kier molecular flexibility index (Phi) is 2.27. The van der Waals surface area contributed by atoms with Gasteiger partial charge in [0, 0.05) is 15.7 Å². The number of nitrogens with two attached hydrogens (primary N) is 1. The highest BCUT2D eigenvalue weighted by molar-refractivity contribution is 9.10. The first kappa shape index (κ1) is 11.4. The molecule has 0 spiro atoms. The zero-order valence-electron chi connectivity index (χ0n) is 10.1. The molecule has 0 aliphatic rings. The van der Waals surface area contributed by atoms with Gasteiger partial charge in [0.25, 0.3) is 0 Å². The summed E-state index contributed by atoms with van der Waals surface area (Å²) in [7, 11) is 0. The first-order chi connectivity index (χ1) is 9.72. The van der Waals surface area contributed by atoms with Gasteiger partial charge in [-0.25, -0.2) is 9.97 Å². The van der Waals surface area contributed by atoms with Crippen molar-refractivity contribution in [3.63, 3.8) is 0 Å². The highest BCUT2D eigenvalue weighted by Gasteiger charge is 2.13. The summed E-state index contributed by atoms with van der Waals surface area (Å²) in [5.74, 6) is 0.678. The maximum atomic E-state index is 5.86. The predicted molar refractivity (Wildman–Crippen MR) is 78.0 cm³/mol. The van der Waals surface area contributed by atoms with E-state index in [-0.39, 0.29) is 0 Å². The average Bonchev–Trinajstić information content (AvgIpc) is 3.03. The summed E-state index contributed by atoms with van der Waals surface area (Å²) in [4.78, 5) is 11.4. The summed E-state index contributed by atoms with van der Waals surface area (Å²) < 4.78 is 2.70. The minimum Gasteiger partial charge on any atom is -0.399 e. The Bertz CT molecular complexity index is 919. The fraction of sp³-hybridized carbons (Fsp3) is 0. The molecule has 3 heterocycles. The number of hydrogen-bond acceptors (Lipinski definition) is 5. The van der Waals surface area contributed by atoms with E-state index in [9.17, 15) is 0 Å². The molecular formula is C12H8BrN7. The van der Waals surface area contributed by atoms with E-state index in [1.54, 1.807) is 12.7 Å². The lowest BCUT2D eigenvalue weighted by Gasteiger charge is -2.02. The third-order valence-corrected chi connectivity index (χ3v) is 3.47. The second-order valence-corrected chi connectivity index (χ2v) is 5.25. The molecule has 0 saturated heterocycles. The van der Waals surface area contributed by atoms with Crippen molar-refractivity contribution >= 4 is 38.4 Å². The monoisotopic (exact) mass is 329 g/mol. The molecule has 20 heavy (non-hydrogen) atoms.